The molecule has 3 aliphatic carbocycles. The molecule has 4 atom stereocenters. The summed E-state index contributed by atoms with van der Waals surface area (Å²) in [5.41, 5.74) is 3.11. The molecule has 3 saturated carbocycles. The number of hydrogen-bond acceptors (Lipinski definition) is 3. The lowest BCUT2D eigenvalue weighted by atomic mass is 9.86. The minimum atomic E-state index is 0.0297. The molecule has 2 aromatic rings. The van der Waals surface area contributed by atoms with Crippen molar-refractivity contribution in [3.05, 3.63) is 59.4 Å². The Morgan fingerprint density at radius 2 is 1.87 bits per heavy atom. The molecule has 0 aliphatic heterocycles. The lowest BCUT2D eigenvalue weighted by molar-refractivity contribution is 0.0925. The summed E-state index contributed by atoms with van der Waals surface area (Å²) in [5, 5.41) is 3.33. The van der Waals surface area contributed by atoms with Crippen molar-refractivity contribution < 1.29 is 9.53 Å². The van der Waals surface area contributed by atoms with E-state index in [1.54, 1.807) is 12.4 Å². The van der Waals surface area contributed by atoms with E-state index < -0.39 is 0 Å². The van der Waals surface area contributed by atoms with Gasteiger partial charge in [0.05, 0.1) is 11.7 Å². The zero-order valence-corrected chi connectivity index (χ0v) is 18.6. The SMILES string of the molecule is Cc1cncc(C(=O)N[C@H]2CC[C@H]3C(Cc4cccc(OC5CCCC5)c4)CC[C@@H]23)c1. The molecule has 4 nitrogen and oxygen atoms in total. The summed E-state index contributed by atoms with van der Waals surface area (Å²) in [5.74, 6) is 3.13. The van der Waals surface area contributed by atoms with Gasteiger partial charge in [0.1, 0.15) is 5.75 Å². The largest absolute Gasteiger partial charge is 0.490 e. The zero-order valence-electron chi connectivity index (χ0n) is 18.6. The molecule has 0 saturated heterocycles. The third-order valence-corrected chi connectivity index (χ3v) is 7.81. The van der Waals surface area contributed by atoms with Crippen molar-refractivity contribution in [3.8, 4) is 5.75 Å². The Bertz CT molecular complexity index is 921. The highest BCUT2D eigenvalue weighted by atomic mass is 16.5. The molecule has 4 heteroatoms. The van der Waals surface area contributed by atoms with E-state index >= 15 is 0 Å². The maximum absolute atomic E-state index is 12.7. The molecule has 31 heavy (non-hydrogen) atoms. The van der Waals surface area contributed by atoms with Crippen molar-refractivity contribution in [3.63, 3.8) is 0 Å². The van der Waals surface area contributed by atoms with Gasteiger partial charge in [0, 0.05) is 18.4 Å². The molecule has 1 unspecified atom stereocenters. The van der Waals surface area contributed by atoms with E-state index in [1.807, 2.05) is 13.0 Å². The average Bonchev–Trinajstić information content (AvgIpc) is 3.49. The smallest absolute Gasteiger partial charge is 0.253 e. The van der Waals surface area contributed by atoms with Crippen molar-refractivity contribution >= 4 is 5.91 Å². The number of aryl methyl sites for hydroxylation is 1. The maximum Gasteiger partial charge on any atom is 0.253 e. The summed E-state index contributed by atoms with van der Waals surface area (Å²) < 4.78 is 6.23. The summed E-state index contributed by atoms with van der Waals surface area (Å²) in [4.78, 5) is 16.9. The van der Waals surface area contributed by atoms with Crippen LogP contribution in [0, 0.1) is 24.7 Å². The Morgan fingerprint density at radius 3 is 2.71 bits per heavy atom. The average molecular weight is 419 g/mol. The molecule has 1 heterocycles. The summed E-state index contributed by atoms with van der Waals surface area (Å²) in [6.45, 7) is 1.98. The number of benzene rings is 1. The van der Waals surface area contributed by atoms with Gasteiger partial charge in [-0.25, -0.2) is 0 Å². The van der Waals surface area contributed by atoms with Gasteiger partial charge in [0.2, 0.25) is 0 Å². The van der Waals surface area contributed by atoms with Crippen LogP contribution in [0.5, 0.6) is 5.75 Å². The lowest BCUT2D eigenvalue weighted by Gasteiger charge is -2.22. The molecule has 5 rings (SSSR count). The van der Waals surface area contributed by atoms with Gasteiger partial charge in [-0.3, -0.25) is 9.78 Å². The van der Waals surface area contributed by atoms with Crippen molar-refractivity contribution in [2.45, 2.75) is 76.9 Å². The Labute approximate surface area is 185 Å². The van der Waals surface area contributed by atoms with Gasteiger partial charge >= 0.3 is 0 Å². The summed E-state index contributed by atoms with van der Waals surface area (Å²) in [6.07, 6.45) is 14.8. The van der Waals surface area contributed by atoms with E-state index in [0.717, 1.165) is 30.1 Å². The molecular formula is C27H34N2O2. The fraction of sp³-hybridized carbons (Fsp3) is 0.556. The number of hydrogen-bond donors (Lipinski definition) is 1. The van der Waals surface area contributed by atoms with Crippen LogP contribution in [-0.2, 0) is 6.42 Å². The second-order valence-electron chi connectivity index (χ2n) is 9.95. The molecular weight excluding hydrogens is 384 g/mol. The van der Waals surface area contributed by atoms with Gasteiger partial charge in [0.15, 0.2) is 0 Å². The van der Waals surface area contributed by atoms with Gasteiger partial charge in [-0.2, -0.15) is 0 Å². The van der Waals surface area contributed by atoms with E-state index in [2.05, 4.69) is 34.6 Å². The monoisotopic (exact) mass is 418 g/mol. The number of pyridine rings is 1. The van der Waals surface area contributed by atoms with Gasteiger partial charge in [0.25, 0.3) is 5.91 Å². The van der Waals surface area contributed by atoms with Gasteiger partial charge in [-0.1, -0.05) is 12.1 Å². The summed E-state index contributed by atoms with van der Waals surface area (Å²) >= 11 is 0. The molecule has 1 aromatic heterocycles. The maximum atomic E-state index is 12.7. The molecule has 0 bridgehead atoms. The minimum absolute atomic E-state index is 0.0297. The van der Waals surface area contributed by atoms with Crippen LogP contribution in [0.3, 0.4) is 0 Å². The lowest BCUT2D eigenvalue weighted by Crippen LogP contribution is -2.37. The van der Waals surface area contributed by atoms with Crippen molar-refractivity contribution in [1.82, 2.24) is 10.3 Å². The van der Waals surface area contributed by atoms with Crippen molar-refractivity contribution in [2.24, 2.45) is 17.8 Å². The van der Waals surface area contributed by atoms with Crippen LogP contribution in [-0.4, -0.2) is 23.0 Å². The number of nitrogens with one attached hydrogen (secondary N) is 1. The predicted octanol–water partition coefficient (Wildman–Crippen LogP) is 5.49. The van der Waals surface area contributed by atoms with Crippen LogP contribution in [0.4, 0.5) is 0 Å². The Hall–Kier alpha value is -2.36. The number of nitrogens with zero attached hydrogens (tertiary/aromatic N) is 1. The Balaban J connectivity index is 1.19. The van der Waals surface area contributed by atoms with E-state index in [9.17, 15) is 4.79 Å². The zero-order chi connectivity index (χ0) is 21.2. The first-order valence-electron chi connectivity index (χ1n) is 12.1. The van der Waals surface area contributed by atoms with Crippen molar-refractivity contribution in [2.75, 3.05) is 0 Å². The van der Waals surface area contributed by atoms with Crippen molar-refractivity contribution in [1.29, 1.82) is 0 Å². The fourth-order valence-corrected chi connectivity index (χ4v) is 6.33. The highest BCUT2D eigenvalue weighted by Crippen LogP contribution is 2.49. The van der Waals surface area contributed by atoms with E-state index in [1.165, 1.54) is 50.5 Å². The quantitative estimate of drug-likeness (QED) is 0.675. The molecule has 0 radical (unpaired) electrons. The van der Waals surface area contributed by atoms with Crippen LogP contribution in [0.15, 0.2) is 42.7 Å². The molecule has 0 spiro atoms. The number of carbonyl (C=O) groups excluding carboxylic acids is 1. The normalized spacial score (nSPS) is 27.9. The fourth-order valence-electron chi connectivity index (χ4n) is 6.33. The Kier molecular flexibility index (Phi) is 5.97. The minimum Gasteiger partial charge on any atom is -0.490 e. The van der Waals surface area contributed by atoms with Crippen LogP contribution in [0.25, 0.3) is 0 Å². The molecule has 1 amide bonds. The van der Waals surface area contributed by atoms with E-state index in [0.29, 0.717) is 29.5 Å². The van der Waals surface area contributed by atoms with E-state index in [4.69, 9.17) is 4.74 Å². The molecule has 164 valence electrons. The number of amides is 1. The van der Waals surface area contributed by atoms with Gasteiger partial charge in [-0.05, 0) is 112 Å². The molecule has 1 aromatic carbocycles. The number of rotatable bonds is 6. The van der Waals surface area contributed by atoms with Gasteiger partial charge in [-0.15, -0.1) is 0 Å². The second kappa shape index (κ2) is 9.02. The van der Waals surface area contributed by atoms with Crippen LogP contribution in [0.1, 0.15) is 72.9 Å². The molecule has 1 N–H and O–H groups in total. The first-order chi connectivity index (χ1) is 15.2. The second-order valence-corrected chi connectivity index (χ2v) is 9.95. The first kappa shape index (κ1) is 20.5. The topological polar surface area (TPSA) is 51.2 Å². The van der Waals surface area contributed by atoms with Gasteiger partial charge < -0.3 is 10.1 Å². The summed E-state index contributed by atoms with van der Waals surface area (Å²) in [7, 11) is 0. The number of carbonyl (C=O) groups is 1. The van der Waals surface area contributed by atoms with Crippen LogP contribution < -0.4 is 10.1 Å². The molecule has 3 aliphatic rings. The highest BCUT2D eigenvalue weighted by molar-refractivity contribution is 5.94. The summed E-state index contributed by atoms with van der Waals surface area (Å²) in [6, 6.07) is 11.0. The molecule has 3 fully saturated rings. The first-order valence-corrected chi connectivity index (χ1v) is 12.1. The third-order valence-electron chi connectivity index (χ3n) is 7.81. The number of ether oxygens (including phenoxy) is 1. The third kappa shape index (κ3) is 4.63. The van der Waals surface area contributed by atoms with Crippen LogP contribution >= 0.6 is 0 Å². The predicted molar refractivity (Wildman–Crippen MR) is 122 cm³/mol. The van der Waals surface area contributed by atoms with Crippen LogP contribution in [0.2, 0.25) is 0 Å². The van der Waals surface area contributed by atoms with E-state index in [-0.39, 0.29) is 5.91 Å². The standard InChI is InChI=1S/C27H34N2O2/c1-18-13-21(17-28-16-18)27(30)29-26-12-11-24-20(9-10-25(24)26)14-19-5-4-8-23(15-19)31-22-6-2-3-7-22/h4-5,8,13,15-17,20,22,24-26H,2-3,6-7,9-12,14H2,1H3,(H,29,30)/t20?,24-,25+,26-/m0/s1. The highest BCUT2D eigenvalue weighted by Gasteiger charge is 2.45. The number of fused-ring (bicyclic) bond motifs is 1. The Morgan fingerprint density at radius 1 is 1.03 bits per heavy atom. The number of aromatic nitrogens is 1.